The maximum Gasteiger partial charge on any atom is 0.251 e. The summed E-state index contributed by atoms with van der Waals surface area (Å²) in [5.74, 6) is 1.34. The van der Waals surface area contributed by atoms with Gasteiger partial charge in [-0.3, -0.25) is 4.79 Å². The summed E-state index contributed by atoms with van der Waals surface area (Å²) in [6, 6.07) is 16.9. The summed E-state index contributed by atoms with van der Waals surface area (Å²) < 4.78 is 5.12. The number of nitrogens with one attached hydrogen (secondary N) is 2. The zero-order valence-corrected chi connectivity index (χ0v) is 14.3. The van der Waals surface area contributed by atoms with E-state index in [0.29, 0.717) is 5.56 Å². The fraction of sp³-hybridized carbons (Fsp3) is 0.200. The zero-order valence-electron chi connectivity index (χ0n) is 14.3. The third-order valence-corrected chi connectivity index (χ3v) is 4.08. The Morgan fingerprint density at radius 3 is 2.52 bits per heavy atom. The molecule has 2 aromatic carbocycles. The van der Waals surface area contributed by atoms with Crippen LogP contribution in [0.2, 0.25) is 0 Å². The van der Waals surface area contributed by atoms with Crippen molar-refractivity contribution in [1.29, 1.82) is 0 Å². The van der Waals surface area contributed by atoms with Crippen LogP contribution in [0.4, 0.5) is 0 Å². The van der Waals surface area contributed by atoms with Crippen molar-refractivity contribution in [2.24, 2.45) is 0 Å². The second kappa shape index (κ2) is 7.66. The van der Waals surface area contributed by atoms with Gasteiger partial charge in [0.25, 0.3) is 5.91 Å². The molecule has 0 spiro atoms. The molecule has 0 unspecified atom stereocenters. The lowest BCUT2D eigenvalue weighted by Gasteiger charge is -2.15. The predicted octanol–water partition coefficient (Wildman–Crippen LogP) is 3.97. The fourth-order valence-corrected chi connectivity index (χ4v) is 2.63. The maximum absolute atomic E-state index is 12.5. The van der Waals surface area contributed by atoms with Crippen molar-refractivity contribution in [2.45, 2.75) is 19.4 Å². The van der Waals surface area contributed by atoms with Crippen molar-refractivity contribution < 1.29 is 9.53 Å². The molecule has 3 aromatic rings. The van der Waals surface area contributed by atoms with Gasteiger partial charge in [-0.1, -0.05) is 37.3 Å². The first-order chi connectivity index (χ1) is 12.2. The summed E-state index contributed by atoms with van der Waals surface area (Å²) in [4.78, 5) is 20.2. The molecule has 25 heavy (non-hydrogen) atoms. The van der Waals surface area contributed by atoms with Gasteiger partial charge >= 0.3 is 0 Å². The van der Waals surface area contributed by atoms with Crippen LogP contribution in [0.1, 0.15) is 35.6 Å². The maximum atomic E-state index is 12.5. The van der Waals surface area contributed by atoms with Crippen molar-refractivity contribution in [3.8, 4) is 17.0 Å². The number of carbonyl (C=O) groups excluding carboxylic acids is 1. The lowest BCUT2D eigenvalue weighted by atomic mass is 10.1. The second-order valence-electron chi connectivity index (χ2n) is 5.71. The number of nitrogens with zero attached hydrogens (tertiary/aromatic N) is 1. The molecule has 0 bridgehead atoms. The van der Waals surface area contributed by atoms with E-state index >= 15 is 0 Å². The molecule has 1 atom stereocenters. The SMILES string of the molecule is CC[C@@H](NC(=O)c1ccc(OC)cc1)c1ncc(-c2ccccc2)[nH]1. The summed E-state index contributed by atoms with van der Waals surface area (Å²) in [6.07, 6.45) is 2.54. The molecule has 2 N–H and O–H groups in total. The molecular weight excluding hydrogens is 314 g/mol. The lowest BCUT2D eigenvalue weighted by Crippen LogP contribution is -2.28. The van der Waals surface area contributed by atoms with Gasteiger partial charge in [0.05, 0.1) is 25.0 Å². The highest BCUT2D eigenvalue weighted by atomic mass is 16.5. The number of amides is 1. The van der Waals surface area contributed by atoms with Crippen LogP contribution in [0, 0.1) is 0 Å². The standard InChI is InChI=1S/C20H21N3O2/c1-3-17(23-20(24)15-9-11-16(25-2)12-10-15)19-21-13-18(22-19)14-7-5-4-6-8-14/h4-13,17H,3H2,1-2H3,(H,21,22)(H,23,24)/t17-/m1/s1. The molecule has 1 heterocycles. The number of ether oxygens (including phenoxy) is 1. The van der Waals surface area contributed by atoms with Crippen LogP contribution in [-0.2, 0) is 0 Å². The Morgan fingerprint density at radius 2 is 1.88 bits per heavy atom. The molecule has 0 aliphatic heterocycles. The number of hydrogen-bond acceptors (Lipinski definition) is 3. The second-order valence-corrected chi connectivity index (χ2v) is 5.71. The first-order valence-corrected chi connectivity index (χ1v) is 8.26. The van der Waals surface area contributed by atoms with Crippen LogP contribution in [-0.4, -0.2) is 23.0 Å². The Kier molecular flexibility index (Phi) is 5.14. The number of methoxy groups -OCH3 is 1. The normalized spacial score (nSPS) is 11.8. The van der Waals surface area contributed by atoms with E-state index in [2.05, 4.69) is 15.3 Å². The zero-order chi connectivity index (χ0) is 17.6. The predicted molar refractivity (Wildman–Crippen MR) is 97.5 cm³/mol. The lowest BCUT2D eigenvalue weighted by molar-refractivity contribution is 0.0934. The Bertz CT molecular complexity index is 826. The van der Waals surface area contributed by atoms with Crippen LogP contribution >= 0.6 is 0 Å². The molecule has 3 rings (SSSR count). The van der Waals surface area contributed by atoms with E-state index in [1.54, 1.807) is 37.6 Å². The van der Waals surface area contributed by atoms with E-state index in [-0.39, 0.29) is 11.9 Å². The Hall–Kier alpha value is -3.08. The number of carbonyl (C=O) groups is 1. The highest BCUT2D eigenvalue weighted by Crippen LogP contribution is 2.21. The van der Waals surface area contributed by atoms with Crippen LogP contribution in [0.5, 0.6) is 5.75 Å². The van der Waals surface area contributed by atoms with Gasteiger partial charge in [0.1, 0.15) is 11.6 Å². The van der Waals surface area contributed by atoms with Gasteiger partial charge in [0.15, 0.2) is 0 Å². The van der Waals surface area contributed by atoms with Crippen LogP contribution < -0.4 is 10.1 Å². The number of rotatable bonds is 6. The summed E-state index contributed by atoms with van der Waals surface area (Å²) >= 11 is 0. The molecular formula is C20H21N3O2. The van der Waals surface area contributed by atoms with Gasteiger partial charge in [-0.2, -0.15) is 0 Å². The number of benzene rings is 2. The topological polar surface area (TPSA) is 67.0 Å². The molecule has 0 saturated carbocycles. The van der Waals surface area contributed by atoms with Gasteiger partial charge in [0.2, 0.25) is 0 Å². The summed E-state index contributed by atoms with van der Waals surface area (Å²) in [6.45, 7) is 2.02. The number of aromatic nitrogens is 2. The monoisotopic (exact) mass is 335 g/mol. The van der Waals surface area contributed by atoms with Crippen molar-refractivity contribution in [3.05, 3.63) is 72.2 Å². The number of aromatic amines is 1. The van der Waals surface area contributed by atoms with E-state index in [0.717, 1.165) is 29.3 Å². The van der Waals surface area contributed by atoms with Crippen LogP contribution in [0.3, 0.4) is 0 Å². The molecule has 1 amide bonds. The van der Waals surface area contributed by atoms with Crippen molar-refractivity contribution in [3.63, 3.8) is 0 Å². The molecule has 0 radical (unpaired) electrons. The Balaban J connectivity index is 1.74. The smallest absolute Gasteiger partial charge is 0.251 e. The van der Waals surface area contributed by atoms with Gasteiger partial charge in [-0.25, -0.2) is 4.98 Å². The van der Waals surface area contributed by atoms with Crippen LogP contribution in [0.15, 0.2) is 60.8 Å². The van der Waals surface area contributed by atoms with E-state index in [1.807, 2.05) is 37.3 Å². The first kappa shape index (κ1) is 16.8. The molecule has 0 aliphatic carbocycles. The molecule has 0 aliphatic rings. The summed E-state index contributed by atoms with van der Waals surface area (Å²) in [5.41, 5.74) is 2.60. The minimum Gasteiger partial charge on any atom is -0.497 e. The van der Waals surface area contributed by atoms with E-state index in [1.165, 1.54) is 0 Å². The minimum atomic E-state index is -0.174. The van der Waals surface area contributed by atoms with Gasteiger partial charge in [-0.15, -0.1) is 0 Å². The minimum absolute atomic E-state index is 0.132. The molecule has 5 heteroatoms. The Labute approximate surface area is 147 Å². The number of hydrogen-bond donors (Lipinski definition) is 2. The van der Waals surface area contributed by atoms with Crippen molar-refractivity contribution in [1.82, 2.24) is 15.3 Å². The fourth-order valence-electron chi connectivity index (χ4n) is 2.63. The highest BCUT2D eigenvalue weighted by Gasteiger charge is 2.17. The highest BCUT2D eigenvalue weighted by molar-refractivity contribution is 5.94. The average Bonchev–Trinajstić information content (AvgIpc) is 3.16. The van der Waals surface area contributed by atoms with Gasteiger partial charge in [0, 0.05) is 5.56 Å². The summed E-state index contributed by atoms with van der Waals surface area (Å²) in [5, 5.41) is 3.03. The van der Waals surface area contributed by atoms with E-state index in [9.17, 15) is 4.79 Å². The molecule has 128 valence electrons. The molecule has 1 aromatic heterocycles. The quantitative estimate of drug-likeness (QED) is 0.716. The van der Waals surface area contributed by atoms with Gasteiger partial charge in [-0.05, 0) is 36.2 Å². The third-order valence-electron chi connectivity index (χ3n) is 4.08. The average molecular weight is 335 g/mol. The van der Waals surface area contributed by atoms with Crippen molar-refractivity contribution >= 4 is 5.91 Å². The first-order valence-electron chi connectivity index (χ1n) is 8.26. The van der Waals surface area contributed by atoms with Gasteiger partial charge < -0.3 is 15.0 Å². The third kappa shape index (κ3) is 3.88. The summed E-state index contributed by atoms with van der Waals surface area (Å²) in [7, 11) is 1.60. The van der Waals surface area contributed by atoms with Crippen LogP contribution in [0.25, 0.3) is 11.3 Å². The van der Waals surface area contributed by atoms with E-state index < -0.39 is 0 Å². The van der Waals surface area contributed by atoms with E-state index in [4.69, 9.17) is 4.74 Å². The molecule has 5 nitrogen and oxygen atoms in total. The Morgan fingerprint density at radius 1 is 1.16 bits per heavy atom. The largest absolute Gasteiger partial charge is 0.497 e. The molecule has 0 saturated heterocycles. The number of imidazole rings is 1. The molecule has 0 fully saturated rings. The number of H-pyrrole nitrogens is 1. The van der Waals surface area contributed by atoms with Crippen molar-refractivity contribution in [2.75, 3.05) is 7.11 Å².